The minimum Gasteiger partial charge on any atom is -0.497 e. The summed E-state index contributed by atoms with van der Waals surface area (Å²) in [5, 5.41) is 9.05. The molecule has 0 heterocycles. The van der Waals surface area contributed by atoms with Gasteiger partial charge in [0.05, 0.1) is 7.11 Å². The van der Waals surface area contributed by atoms with Gasteiger partial charge in [-0.15, -0.1) is 0 Å². The van der Waals surface area contributed by atoms with E-state index in [1.807, 2.05) is 0 Å². The van der Waals surface area contributed by atoms with Crippen molar-refractivity contribution in [3.8, 4) is 5.75 Å². The first kappa shape index (κ1) is 9.74. The van der Waals surface area contributed by atoms with Crippen molar-refractivity contribution < 1.29 is 14.6 Å². The summed E-state index contributed by atoms with van der Waals surface area (Å²) in [6.45, 7) is 1.45. The summed E-state index contributed by atoms with van der Waals surface area (Å²) in [5.74, 6) is 0.324. The molecule has 1 aromatic rings. The second-order valence-electron chi connectivity index (χ2n) is 2.77. The molecular weight excluding hydrogens is 168 g/mol. The fourth-order valence-corrected chi connectivity index (χ4v) is 1.02. The van der Waals surface area contributed by atoms with Crippen molar-refractivity contribution in [3.63, 3.8) is 0 Å². The van der Waals surface area contributed by atoms with E-state index in [1.54, 1.807) is 24.3 Å². The molecule has 0 aliphatic heterocycles. The van der Waals surface area contributed by atoms with Crippen LogP contribution in [0.2, 0.25) is 0 Å². The standard InChI is InChI=1S/C10H12O3/c1-7(11)10(12)8-4-3-5-9(6-8)13-2/h3-7,11H,1-2H3/t7-/m0/s1. The first-order valence-electron chi connectivity index (χ1n) is 4.01. The largest absolute Gasteiger partial charge is 0.497 e. The maximum absolute atomic E-state index is 11.3. The molecule has 0 saturated heterocycles. The van der Waals surface area contributed by atoms with Crippen LogP contribution in [0.15, 0.2) is 24.3 Å². The Morgan fingerprint density at radius 3 is 2.77 bits per heavy atom. The topological polar surface area (TPSA) is 46.5 Å². The highest BCUT2D eigenvalue weighted by atomic mass is 16.5. The third kappa shape index (κ3) is 2.29. The monoisotopic (exact) mass is 180 g/mol. The number of Topliss-reactive ketones (excluding diaryl/α,β-unsaturated/α-hetero) is 1. The zero-order valence-electron chi connectivity index (χ0n) is 7.65. The molecule has 1 aromatic carbocycles. The number of carbonyl (C=O) groups is 1. The van der Waals surface area contributed by atoms with Crippen LogP contribution in [0.25, 0.3) is 0 Å². The fourth-order valence-electron chi connectivity index (χ4n) is 1.02. The van der Waals surface area contributed by atoms with Crippen molar-refractivity contribution in [3.05, 3.63) is 29.8 Å². The second-order valence-corrected chi connectivity index (χ2v) is 2.77. The van der Waals surface area contributed by atoms with Crippen LogP contribution in [0, 0.1) is 0 Å². The van der Waals surface area contributed by atoms with Gasteiger partial charge >= 0.3 is 0 Å². The van der Waals surface area contributed by atoms with Crippen LogP contribution in [-0.4, -0.2) is 24.1 Å². The lowest BCUT2D eigenvalue weighted by atomic mass is 10.1. The number of hydrogen-bond donors (Lipinski definition) is 1. The van der Waals surface area contributed by atoms with Crippen LogP contribution < -0.4 is 4.74 Å². The van der Waals surface area contributed by atoms with E-state index in [-0.39, 0.29) is 5.78 Å². The third-order valence-electron chi connectivity index (χ3n) is 1.73. The number of methoxy groups -OCH3 is 1. The van der Waals surface area contributed by atoms with Gasteiger partial charge < -0.3 is 9.84 Å². The van der Waals surface area contributed by atoms with Gasteiger partial charge in [0.15, 0.2) is 5.78 Å². The molecule has 0 aromatic heterocycles. The molecule has 70 valence electrons. The Kier molecular flexibility index (Phi) is 3.03. The van der Waals surface area contributed by atoms with E-state index in [0.29, 0.717) is 11.3 Å². The molecule has 0 spiro atoms. The molecule has 1 atom stereocenters. The molecule has 0 aliphatic rings. The summed E-state index contributed by atoms with van der Waals surface area (Å²) in [7, 11) is 1.53. The van der Waals surface area contributed by atoms with Gasteiger partial charge in [-0.1, -0.05) is 12.1 Å². The van der Waals surface area contributed by atoms with Crippen molar-refractivity contribution in [2.45, 2.75) is 13.0 Å². The predicted octanol–water partition coefficient (Wildman–Crippen LogP) is 1.26. The molecule has 3 nitrogen and oxygen atoms in total. The van der Waals surface area contributed by atoms with Crippen molar-refractivity contribution in [1.82, 2.24) is 0 Å². The van der Waals surface area contributed by atoms with Gasteiger partial charge in [-0.2, -0.15) is 0 Å². The summed E-state index contributed by atoms with van der Waals surface area (Å²) >= 11 is 0. The highest BCUT2D eigenvalue weighted by molar-refractivity contribution is 5.99. The van der Waals surface area contributed by atoms with Gasteiger partial charge in [-0.3, -0.25) is 4.79 Å². The Morgan fingerprint density at radius 1 is 1.54 bits per heavy atom. The second kappa shape index (κ2) is 4.05. The molecule has 0 radical (unpaired) electrons. The lowest BCUT2D eigenvalue weighted by molar-refractivity contribution is 0.0779. The highest BCUT2D eigenvalue weighted by Crippen LogP contribution is 2.13. The molecular formula is C10H12O3. The lowest BCUT2D eigenvalue weighted by Gasteiger charge is -2.05. The molecule has 0 aliphatic carbocycles. The van der Waals surface area contributed by atoms with Gasteiger partial charge in [0.25, 0.3) is 0 Å². The first-order valence-corrected chi connectivity index (χ1v) is 4.01. The normalized spacial score (nSPS) is 12.2. The van der Waals surface area contributed by atoms with Gasteiger partial charge in [0.1, 0.15) is 11.9 Å². The molecule has 0 unspecified atom stereocenters. The minimum absolute atomic E-state index is 0.293. The van der Waals surface area contributed by atoms with E-state index in [9.17, 15) is 4.79 Å². The van der Waals surface area contributed by atoms with Crippen LogP contribution in [-0.2, 0) is 0 Å². The first-order chi connectivity index (χ1) is 6.15. The van der Waals surface area contributed by atoms with Crippen molar-refractivity contribution in [1.29, 1.82) is 0 Å². The summed E-state index contributed by atoms with van der Waals surface area (Å²) in [4.78, 5) is 11.3. The van der Waals surface area contributed by atoms with Gasteiger partial charge in [0, 0.05) is 5.56 Å². The average molecular weight is 180 g/mol. The SMILES string of the molecule is COc1cccc(C(=O)[C@H](C)O)c1. The van der Waals surface area contributed by atoms with E-state index in [0.717, 1.165) is 0 Å². The van der Waals surface area contributed by atoms with E-state index in [2.05, 4.69) is 0 Å². The summed E-state index contributed by atoms with van der Waals surface area (Å²) in [6.07, 6.45) is -0.966. The average Bonchev–Trinajstić information content (AvgIpc) is 2.16. The van der Waals surface area contributed by atoms with Crippen LogP contribution in [0.3, 0.4) is 0 Å². The van der Waals surface area contributed by atoms with Crippen LogP contribution in [0.4, 0.5) is 0 Å². The molecule has 13 heavy (non-hydrogen) atoms. The van der Waals surface area contributed by atoms with E-state index >= 15 is 0 Å². The van der Waals surface area contributed by atoms with Crippen LogP contribution >= 0.6 is 0 Å². The molecule has 0 bridgehead atoms. The Labute approximate surface area is 77.0 Å². The van der Waals surface area contributed by atoms with Crippen molar-refractivity contribution in [2.75, 3.05) is 7.11 Å². The Morgan fingerprint density at radius 2 is 2.23 bits per heavy atom. The summed E-state index contributed by atoms with van der Waals surface area (Å²) < 4.78 is 4.95. The molecule has 1 N–H and O–H groups in total. The molecule has 1 rings (SSSR count). The van der Waals surface area contributed by atoms with Gasteiger partial charge in [-0.25, -0.2) is 0 Å². The van der Waals surface area contributed by atoms with Crippen LogP contribution in [0.5, 0.6) is 5.75 Å². The maximum atomic E-state index is 11.3. The number of hydrogen-bond acceptors (Lipinski definition) is 3. The van der Waals surface area contributed by atoms with Crippen LogP contribution in [0.1, 0.15) is 17.3 Å². The zero-order chi connectivity index (χ0) is 9.84. The highest BCUT2D eigenvalue weighted by Gasteiger charge is 2.11. The predicted molar refractivity (Wildman–Crippen MR) is 49.0 cm³/mol. The molecule has 0 amide bonds. The van der Waals surface area contributed by atoms with E-state index in [1.165, 1.54) is 14.0 Å². The quantitative estimate of drug-likeness (QED) is 0.712. The number of carbonyl (C=O) groups excluding carboxylic acids is 1. The summed E-state index contributed by atoms with van der Waals surface area (Å²) in [5.41, 5.74) is 0.467. The summed E-state index contributed by atoms with van der Waals surface area (Å²) in [6, 6.07) is 6.72. The minimum atomic E-state index is -0.966. The zero-order valence-corrected chi connectivity index (χ0v) is 7.65. The molecule has 0 saturated carbocycles. The Bertz CT molecular complexity index is 305. The number of aliphatic hydroxyl groups is 1. The van der Waals surface area contributed by atoms with E-state index < -0.39 is 6.10 Å². The Hall–Kier alpha value is -1.35. The number of benzene rings is 1. The number of aliphatic hydroxyl groups excluding tert-OH is 1. The van der Waals surface area contributed by atoms with Gasteiger partial charge in [-0.05, 0) is 19.1 Å². The van der Waals surface area contributed by atoms with E-state index in [4.69, 9.17) is 9.84 Å². The van der Waals surface area contributed by atoms with Crippen molar-refractivity contribution >= 4 is 5.78 Å². The maximum Gasteiger partial charge on any atom is 0.191 e. The lowest BCUT2D eigenvalue weighted by Crippen LogP contribution is -2.15. The fraction of sp³-hybridized carbons (Fsp3) is 0.300. The van der Waals surface area contributed by atoms with Crippen molar-refractivity contribution in [2.24, 2.45) is 0 Å². The van der Waals surface area contributed by atoms with Gasteiger partial charge in [0.2, 0.25) is 0 Å². The molecule has 0 fully saturated rings. The third-order valence-corrected chi connectivity index (χ3v) is 1.73. The smallest absolute Gasteiger partial charge is 0.191 e. The number of ketones is 1. The number of ether oxygens (including phenoxy) is 1. The number of rotatable bonds is 3. The molecule has 3 heteroatoms. The Balaban J connectivity index is 2.95.